The van der Waals surface area contributed by atoms with E-state index in [0.717, 1.165) is 45.8 Å². The lowest BCUT2D eigenvalue weighted by atomic mass is 9.80. The summed E-state index contributed by atoms with van der Waals surface area (Å²) in [4.78, 5) is 75.6. The number of carbonyl (C=O) groups is 5. The van der Waals surface area contributed by atoms with Gasteiger partial charge >= 0.3 is 19.1 Å². The van der Waals surface area contributed by atoms with E-state index in [0.29, 0.717) is 55.6 Å². The van der Waals surface area contributed by atoms with E-state index in [-0.39, 0.29) is 54.5 Å². The number of pyridine rings is 2. The fourth-order valence-electron chi connectivity index (χ4n) is 8.27. The molecule has 0 saturated carbocycles. The van der Waals surface area contributed by atoms with Crippen LogP contribution in [0.25, 0.3) is 42.6 Å². The molecule has 9 aromatic rings. The molecule has 0 bridgehead atoms. The van der Waals surface area contributed by atoms with Crippen LogP contribution in [0.4, 0.5) is 28.9 Å². The number of benzene rings is 7. The van der Waals surface area contributed by atoms with Crippen LogP contribution in [-0.4, -0.2) is 80.4 Å². The largest absolute Gasteiger partial charge is 0.489 e. The lowest BCUT2D eigenvalue weighted by Gasteiger charge is -2.18. The van der Waals surface area contributed by atoms with Crippen molar-refractivity contribution in [2.45, 2.75) is 24.9 Å². The number of esters is 1. The lowest BCUT2D eigenvalue weighted by Crippen LogP contribution is -2.43. The predicted molar refractivity (Wildman–Crippen MR) is 339 cm³/mol. The van der Waals surface area contributed by atoms with E-state index in [4.69, 9.17) is 121 Å². The molecule has 0 aliphatic carbocycles. The number of halogens is 13. The molecule has 0 saturated heterocycles. The SMILES string of the molecule is COC(=O)[C@H](Cc1ccc(Br)c2ncccc12)NC(=O)c1c(F)cc(F)cc1Cl.O=C(Cl)c1c(Cl)cc(F)cc1Cl.[C-]#[N+]c1ccc(-c2ccc(C[C@H](NC(=O)c3c(Cl)cc(F)cc3Cl)C(=O)O)c3cccnc23)c(Cl)c1.[C-]#[N+]c1ccc(B(O)O)c(Cl)c1. The van der Waals surface area contributed by atoms with Crippen LogP contribution in [0.2, 0.25) is 35.2 Å². The number of carboxylic acid groups (broad SMARTS) is 1. The highest BCUT2D eigenvalue weighted by Crippen LogP contribution is 2.37. The molecule has 2 amide bonds. The van der Waals surface area contributed by atoms with Gasteiger partial charge in [-0.2, -0.15) is 0 Å². The Bertz CT molecular complexity index is 4270. The monoisotopic (exact) mass is 1430 g/mol. The first kappa shape index (κ1) is 70.5. The van der Waals surface area contributed by atoms with Crippen molar-refractivity contribution in [3.63, 3.8) is 0 Å². The van der Waals surface area contributed by atoms with Crippen LogP contribution in [0.5, 0.6) is 0 Å². The van der Waals surface area contributed by atoms with Crippen molar-refractivity contribution >= 4 is 183 Å². The average Bonchev–Trinajstić information content (AvgIpc) is 0.905. The number of methoxy groups -OCH3 is 1. The van der Waals surface area contributed by atoms with Crippen LogP contribution in [-0.2, 0) is 27.2 Å². The van der Waals surface area contributed by atoms with Crippen LogP contribution in [0.15, 0.2) is 138 Å². The maximum absolute atomic E-state index is 14.1. The molecule has 0 aliphatic rings. The van der Waals surface area contributed by atoms with E-state index in [9.17, 15) is 46.6 Å². The molecule has 7 aromatic carbocycles. The smallest absolute Gasteiger partial charge is 0.480 e. The summed E-state index contributed by atoms with van der Waals surface area (Å²) in [6.07, 6.45) is 3.22. The number of nitrogens with zero attached hydrogens (tertiary/aromatic N) is 4. The number of aromatic nitrogens is 2. The number of aliphatic carboxylic acids is 1. The highest BCUT2D eigenvalue weighted by molar-refractivity contribution is 9.10. The van der Waals surface area contributed by atoms with Crippen molar-refractivity contribution in [3.8, 4) is 11.1 Å². The second kappa shape index (κ2) is 32.2. The van der Waals surface area contributed by atoms with E-state index in [1.54, 1.807) is 73.1 Å². The Morgan fingerprint density at radius 1 is 0.584 bits per heavy atom. The normalized spacial score (nSPS) is 11.2. The van der Waals surface area contributed by atoms with Crippen molar-refractivity contribution in [3.05, 3.63) is 247 Å². The summed E-state index contributed by atoms with van der Waals surface area (Å²) in [5, 5.41) is 32.3. The van der Waals surface area contributed by atoms with Gasteiger partial charge in [-0.15, -0.1) is 0 Å². The zero-order valence-electron chi connectivity index (χ0n) is 44.8. The van der Waals surface area contributed by atoms with Crippen LogP contribution >= 0.6 is 109 Å². The topological polar surface area (TPSA) is 214 Å². The summed E-state index contributed by atoms with van der Waals surface area (Å²) in [5.74, 6) is -7.18. The van der Waals surface area contributed by atoms with Gasteiger partial charge in [-0.1, -0.05) is 136 Å². The third kappa shape index (κ3) is 18.3. The summed E-state index contributed by atoms with van der Waals surface area (Å²) in [6.45, 7) is 13.8. The lowest BCUT2D eigenvalue weighted by molar-refractivity contribution is -0.143. The Hall–Kier alpha value is -7.61. The van der Waals surface area contributed by atoms with Gasteiger partial charge in [0.15, 0.2) is 11.4 Å². The van der Waals surface area contributed by atoms with Gasteiger partial charge in [0.05, 0.1) is 73.1 Å². The number of fused-ring (bicyclic) bond motifs is 2. The molecule has 2 heterocycles. The van der Waals surface area contributed by atoms with E-state index >= 15 is 0 Å². The maximum Gasteiger partial charge on any atom is 0.489 e. The molecular weight excluding hydrogens is 1400 g/mol. The molecule has 29 heteroatoms. The number of rotatable bonds is 13. The number of carboxylic acids is 1. The summed E-state index contributed by atoms with van der Waals surface area (Å²) in [6, 6.07) is 26.1. The zero-order valence-corrected chi connectivity index (χ0v) is 52.5. The maximum atomic E-state index is 14.1. The van der Waals surface area contributed by atoms with E-state index < -0.39 is 82.1 Å². The third-order valence-electron chi connectivity index (χ3n) is 12.3. The molecular formula is C60H36BBrCl8F4N6O9. The fourth-order valence-corrected chi connectivity index (χ4v) is 11.1. The van der Waals surface area contributed by atoms with E-state index in [2.05, 4.69) is 46.2 Å². The fraction of sp³-hybridized carbons (Fsp3) is 0.0833. The minimum atomic E-state index is -1.59. The first-order chi connectivity index (χ1) is 42.2. The average molecular weight is 1440 g/mol. The Morgan fingerprint density at radius 3 is 1.53 bits per heavy atom. The van der Waals surface area contributed by atoms with Crippen LogP contribution in [0.3, 0.4) is 0 Å². The molecule has 0 aliphatic heterocycles. The van der Waals surface area contributed by atoms with Gasteiger partial charge in [0.1, 0.15) is 35.4 Å². The first-order valence-electron chi connectivity index (χ1n) is 24.8. The molecule has 5 N–H and O–H groups in total. The predicted octanol–water partition coefficient (Wildman–Crippen LogP) is 15.5. The summed E-state index contributed by atoms with van der Waals surface area (Å²) >= 11 is 49.4. The molecule has 15 nitrogen and oxygen atoms in total. The third-order valence-corrected chi connectivity index (χ3v) is 15.3. The highest BCUT2D eigenvalue weighted by Gasteiger charge is 2.29. The minimum absolute atomic E-state index is 0.0638. The Morgan fingerprint density at radius 2 is 1.03 bits per heavy atom. The number of ether oxygens (including phenoxy) is 1. The van der Waals surface area contributed by atoms with Crippen LogP contribution in [0.1, 0.15) is 42.2 Å². The van der Waals surface area contributed by atoms with E-state index in [1.807, 2.05) is 6.07 Å². The number of nitrogens with one attached hydrogen (secondary N) is 2. The van der Waals surface area contributed by atoms with E-state index in [1.165, 1.54) is 25.3 Å². The van der Waals surface area contributed by atoms with Crippen molar-refractivity contribution < 1.29 is 61.4 Å². The molecule has 89 heavy (non-hydrogen) atoms. The van der Waals surface area contributed by atoms with Crippen molar-refractivity contribution in [2.24, 2.45) is 0 Å². The van der Waals surface area contributed by atoms with Crippen LogP contribution < -0.4 is 16.1 Å². The van der Waals surface area contributed by atoms with Crippen molar-refractivity contribution in [2.75, 3.05) is 7.11 Å². The molecule has 0 fully saturated rings. The summed E-state index contributed by atoms with van der Waals surface area (Å²) < 4.78 is 58.9. The number of amides is 2. The van der Waals surface area contributed by atoms with Gasteiger partial charge in [0.2, 0.25) is 0 Å². The Labute approximate surface area is 551 Å². The standard InChI is InChI=1S/C26H15Cl3FN3O3.C20H14BrClF2N2O3.C7H5BClNO2.C7H2Cl3FO/c1-31-15-5-7-17(19(27)12-15)18-6-4-13(16-3-2-8-32-24(16)18)9-22(26(35)36)33-25(34)23-20(28)10-14(30)11-21(23)29;1-29-20(28)16(26-19(27)17-14(22)8-11(23)9-15(17)24)7-10-4-5-13(21)18-12(10)3-2-6-25-18;1-10-5-2-3-6(8(11)12)7(9)4-5;8-4-1-3(11)2-5(9)6(4)7(10)12/h2-8,10-12,22H,9H2,(H,33,34)(H,35,36);2-6,8-9,16H,7H2,1H3,(H,26,27);2-4,11-12H;1-2H/t22-;16-;;/m00../s1. The Kier molecular flexibility index (Phi) is 25.5. The summed E-state index contributed by atoms with van der Waals surface area (Å²) in [5.41, 5.74) is 4.13. The molecule has 2 aromatic heterocycles. The number of hydrogen-bond donors (Lipinski definition) is 5. The molecule has 0 spiro atoms. The van der Waals surface area contributed by atoms with Gasteiger partial charge in [-0.3, -0.25) is 24.4 Å². The molecule has 2 atom stereocenters. The van der Waals surface area contributed by atoms with Crippen molar-refractivity contribution in [1.29, 1.82) is 0 Å². The van der Waals surface area contributed by atoms with Gasteiger partial charge in [0.25, 0.3) is 17.1 Å². The molecule has 454 valence electrons. The molecule has 0 unspecified atom stereocenters. The number of hydrogen-bond acceptors (Lipinski definition) is 10. The van der Waals surface area contributed by atoms with Gasteiger partial charge in [0, 0.05) is 62.2 Å². The minimum Gasteiger partial charge on any atom is -0.480 e. The van der Waals surface area contributed by atoms with Gasteiger partial charge in [-0.25, -0.2) is 36.8 Å². The second-order valence-corrected chi connectivity index (χ2v) is 22.1. The quantitative estimate of drug-likeness (QED) is 0.0241. The van der Waals surface area contributed by atoms with Crippen LogP contribution in [0, 0.1) is 36.4 Å². The molecule has 9 rings (SSSR count). The van der Waals surface area contributed by atoms with Gasteiger partial charge < -0.3 is 30.5 Å². The second-order valence-electron chi connectivity index (χ2n) is 18.1. The van der Waals surface area contributed by atoms with Gasteiger partial charge in [-0.05, 0) is 110 Å². The number of carbonyl (C=O) groups excluding carboxylic acids is 4. The Balaban J connectivity index is 0.000000210. The highest BCUT2D eigenvalue weighted by atomic mass is 79.9. The molecule has 0 radical (unpaired) electrons. The van der Waals surface area contributed by atoms with Crippen molar-refractivity contribution in [1.82, 2.24) is 20.6 Å². The summed E-state index contributed by atoms with van der Waals surface area (Å²) in [7, 11) is -0.411. The zero-order chi connectivity index (χ0) is 65.6. The first-order valence-corrected chi connectivity index (χ1v) is 28.6.